The van der Waals surface area contributed by atoms with Crippen LogP contribution in [0, 0.1) is 5.92 Å². The summed E-state index contributed by atoms with van der Waals surface area (Å²) < 4.78 is 3.78. The SMILES string of the molecule is CC(C)C(C(=O)O)c1ncns1. The maximum Gasteiger partial charge on any atom is 0.313 e. The van der Waals surface area contributed by atoms with Gasteiger partial charge in [0.15, 0.2) is 0 Å². The first-order chi connectivity index (χ1) is 5.63. The summed E-state index contributed by atoms with van der Waals surface area (Å²) in [5.74, 6) is -1.30. The van der Waals surface area contributed by atoms with Gasteiger partial charge >= 0.3 is 5.97 Å². The number of hydrogen-bond acceptors (Lipinski definition) is 4. The second kappa shape index (κ2) is 3.62. The molecule has 0 aliphatic rings. The lowest BCUT2D eigenvalue weighted by Crippen LogP contribution is -2.17. The number of rotatable bonds is 3. The molecule has 0 saturated heterocycles. The van der Waals surface area contributed by atoms with Gasteiger partial charge in [0.1, 0.15) is 17.3 Å². The molecule has 1 heterocycles. The Hall–Kier alpha value is -0.970. The highest BCUT2D eigenvalue weighted by Gasteiger charge is 2.26. The molecule has 1 rings (SSSR count). The molecule has 0 radical (unpaired) electrons. The first-order valence-electron chi connectivity index (χ1n) is 3.62. The molecule has 1 unspecified atom stereocenters. The van der Waals surface area contributed by atoms with Crippen molar-refractivity contribution >= 4 is 17.5 Å². The summed E-state index contributed by atoms with van der Waals surface area (Å²) in [5.41, 5.74) is 0. The number of carboxylic acids is 1. The summed E-state index contributed by atoms with van der Waals surface area (Å²) in [5, 5.41) is 9.44. The second-order valence-electron chi connectivity index (χ2n) is 2.84. The number of hydrogen-bond donors (Lipinski definition) is 1. The van der Waals surface area contributed by atoms with Crippen LogP contribution < -0.4 is 0 Å². The lowest BCUT2D eigenvalue weighted by Gasteiger charge is -2.11. The van der Waals surface area contributed by atoms with Crippen molar-refractivity contribution in [2.45, 2.75) is 19.8 Å². The van der Waals surface area contributed by atoms with E-state index in [-0.39, 0.29) is 5.92 Å². The van der Waals surface area contributed by atoms with Gasteiger partial charge in [-0.3, -0.25) is 4.79 Å². The van der Waals surface area contributed by atoms with E-state index >= 15 is 0 Å². The molecular weight excluding hydrogens is 176 g/mol. The monoisotopic (exact) mass is 186 g/mol. The Morgan fingerprint density at radius 1 is 1.67 bits per heavy atom. The van der Waals surface area contributed by atoms with E-state index in [1.54, 1.807) is 0 Å². The Labute approximate surface area is 74.4 Å². The first kappa shape index (κ1) is 9.12. The molecule has 0 amide bonds. The third-order valence-electron chi connectivity index (χ3n) is 1.58. The van der Waals surface area contributed by atoms with Crippen molar-refractivity contribution in [1.29, 1.82) is 0 Å². The molecule has 0 saturated carbocycles. The average molecular weight is 186 g/mol. The van der Waals surface area contributed by atoms with Crippen molar-refractivity contribution < 1.29 is 9.90 Å². The summed E-state index contributed by atoms with van der Waals surface area (Å²) >= 11 is 1.15. The molecule has 1 atom stereocenters. The Kier molecular flexibility index (Phi) is 2.75. The van der Waals surface area contributed by atoms with Crippen LogP contribution in [0.3, 0.4) is 0 Å². The molecule has 1 N–H and O–H groups in total. The fourth-order valence-corrected chi connectivity index (χ4v) is 1.78. The van der Waals surface area contributed by atoms with E-state index in [9.17, 15) is 4.79 Å². The lowest BCUT2D eigenvalue weighted by molar-refractivity contribution is -0.139. The molecule has 5 heteroatoms. The smallest absolute Gasteiger partial charge is 0.313 e. The summed E-state index contributed by atoms with van der Waals surface area (Å²) in [6, 6.07) is 0. The summed E-state index contributed by atoms with van der Waals surface area (Å²) in [6.45, 7) is 3.72. The highest BCUT2D eigenvalue weighted by Crippen LogP contribution is 2.24. The predicted molar refractivity (Wildman–Crippen MR) is 45.1 cm³/mol. The Morgan fingerprint density at radius 3 is 2.67 bits per heavy atom. The first-order valence-corrected chi connectivity index (χ1v) is 4.39. The van der Waals surface area contributed by atoms with Crippen LogP contribution in [0.5, 0.6) is 0 Å². The van der Waals surface area contributed by atoms with Crippen molar-refractivity contribution in [3.63, 3.8) is 0 Å². The van der Waals surface area contributed by atoms with Crippen molar-refractivity contribution in [3.8, 4) is 0 Å². The van der Waals surface area contributed by atoms with Gasteiger partial charge in [-0.05, 0) is 17.5 Å². The fourth-order valence-electron chi connectivity index (χ4n) is 0.995. The highest BCUT2D eigenvalue weighted by molar-refractivity contribution is 7.05. The Bertz CT molecular complexity index is 258. The largest absolute Gasteiger partial charge is 0.481 e. The van der Waals surface area contributed by atoms with Crippen LogP contribution in [0.2, 0.25) is 0 Å². The normalized spacial score (nSPS) is 13.2. The molecule has 0 spiro atoms. The van der Waals surface area contributed by atoms with E-state index in [0.717, 1.165) is 11.5 Å². The van der Waals surface area contributed by atoms with Crippen LogP contribution in [-0.2, 0) is 4.79 Å². The zero-order chi connectivity index (χ0) is 9.14. The summed E-state index contributed by atoms with van der Waals surface area (Å²) in [4.78, 5) is 14.7. The van der Waals surface area contributed by atoms with Gasteiger partial charge in [-0.25, -0.2) is 4.98 Å². The van der Waals surface area contributed by atoms with E-state index in [1.165, 1.54) is 6.33 Å². The molecular formula is C7H10N2O2S. The predicted octanol–water partition coefficient (Wildman–Crippen LogP) is 1.36. The second-order valence-corrected chi connectivity index (χ2v) is 3.65. The number of carboxylic acid groups (broad SMARTS) is 1. The topological polar surface area (TPSA) is 63.1 Å². The standard InChI is InChI=1S/C7H10N2O2S/c1-4(2)5(7(10)11)6-8-3-9-12-6/h3-5H,1-2H3,(H,10,11). The van der Waals surface area contributed by atoms with Gasteiger partial charge in [-0.1, -0.05) is 13.8 Å². The van der Waals surface area contributed by atoms with E-state index in [4.69, 9.17) is 5.11 Å². The van der Waals surface area contributed by atoms with Gasteiger partial charge in [0, 0.05) is 0 Å². The van der Waals surface area contributed by atoms with E-state index in [0.29, 0.717) is 5.01 Å². The third kappa shape index (κ3) is 1.79. The molecule has 66 valence electrons. The minimum atomic E-state index is -0.832. The van der Waals surface area contributed by atoms with Gasteiger partial charge in [-0.2, -0.15) is 4.37 Å². The van der Waals surface area contributed by atoms with E-state index < -0.39 is 11.9 Å². The maximum atomic E-state index is 10.8. The van der Waals surface area contributed by atoms with Gasteiger partial charge in [0.25, 0.3) is 0 Å². The van der Waals surface area contributed by atoms with Crippen LogP contribution >= 0.6 is 11.5 Å². The van der Waals surface area contributed by atoms with E-state index in [1.807, 2.05) is 13.8 Å². The van der Waals surface area contributed by atoms with Gasteiger partial charge in [-0.15, -0.1) is 0 Å². The molecule has 0 aliphatic heterocycles. The number of carbonyl (C=O) groups is 1. The molecule has 0 aromatic carbocycles. The Morgan fingerprint density at radius 2 is 2.33 bits per heavy atom. The molecule has 0 aliphatic carbocycles. The van der Waals surface area contributed by atoms with Crippen LogP contribution in [-0.4, -0.2) is 20.4 Å². The van der Waals surface area contributed by atoms with Crippen molar-refractivity contribution in [3.05, 3.63) is 11.3 Å². The van der Waals surface area contributed by atoms with Crippen LogP contribution in [0.25, 0.3) is 0 Å². The minimum absolute atomic E-state index is 0.0513. The summed E-state index contributed by atoms with van der Waals surface area (Å²) in [6.07, 6.45) is 1.39. The summed E-state index contributed by atoms with van der Waals surface area (Å²) in [7, 11) is 0. The quantitative estimate of drug-likeness (QED) is 0.774. The van der Waals surface area contributed by atoms with Crippen molar-refractivity contribution in [1.82, 2.24) is 9.36 Å². The molecule has 12 heavy (non-hydrogen) atoms. The Balaban J connectivity index is 2.88. The molecule has 0 fully saturated rings. The van der Waals surface area contributed by atoms with Gasteiger partial charge in [0.05, 0.1) is 0 Å². The third-order valence-corrected chi connectivity index (χ3v) is 2.32. The van der Waals surface area contributed by atoms with Crippen LogP contribution in [0.4, 0.5) is 0 Å². The number of aromatic nitrogens is 2. The van der Waals surface area contributed by atoms with Crippen LogP contribution in [0.1, 0.15) is 24.8 Å². The van der Waals surface area contributed by atoms with E-state index in [2.05, 4.69) is 9.36 Å². The molecule has 4 nitrogen and oxygen atoms in total. The van der Waals surface area contributed by atoms with Gasteiger partial charge < -0.3 is 5.11 Å². The van der Waals surface area contributed by atoms with Crippen molar-refractivity contribution in [2.24, 2.45) is 5.92 Å². The fraction of sp³-hybridized carbons (Fsp3) is 0.571. The zero-order valence-corrected chi connectivity index (χ0v) is 7.71. The highest BCUT2D eigenvalue weighted by atomic mass is 32.1. The minimum Gasteiger partial charge on any atom is -0.481 e. The van der Waals surface area contributed by atoms with Crippen molar-refractivity contribution in [2.75, 3.05) is 0 Å². The molecule has 1 aromatic rings. The number of aliphatic carboxylic acids is 1. The average Bonchev–Trinajstić information content (AvgIpc) is 2.37. The molecule has 1 aromatic heterocycles. The lowest BCUT2D eigenvalue weighted by atomic mass is 9.97. The maximum absolute atomic E-state index is 10.8. The van der Waals surface area contributed by atoms with Gasteiger partial charge in [0.2, 0.25) is 0 Å². The van der Waals surface area contributed by atoms with Crippen LogP contribution in [0.15, 0.2) is 6.33 Å². The zero-order valence-electron chi connectivity index (χ0n) is 6.89. The number of nitrogens with zero attached hydrogens (tertiary/aromatic N) is 2. The molecule has 0 bridgehead atoms.